The van der Waals surface area contributed by atoms with E-state index in [1.54, 1.807) is 0 Å². The Morgan fingerprint density at radius 2 is 2.00 bits per heavy atom. The fourth-order valence-corrected chi connectivity index (χ4v) is 2.71. The molecule has 0 bridgehead atoms. The predicted molar refractivity (Wildman–Crippen MR) is 92.9 cm³/mol. The van der Waals surface area contributed by atoms with Crippen LogP contribution in [0.25, 0.3) is 0 Å². The van der Waals surface area contributed by atoms with Gasteiger partial charge < -0.3 is 15.5 Å². The molecule has 1 rings (SSSR count). The molecular formula is C17H36N4. The largest absolute Gasteiger partial charge is 0.356 e. The van der Waals surface area contributed by atoms with E-state index < -0.39 is 0 Å². The molecule has 4 nitrogen and oxygen atoms in total. The van der Waals surface area contributed by atoms with E-state index in [9.17, 15) is 0 Å². The van der Waals surface area contributed by atoms with Crippen molar-refractivity contribution in [1.29, 1.82) is 0 Å². The zero-order valence-electron chi connectivity index (χ0n) is 14.8. The number of hydrogen-bond acceptors (Lipinski definition) is 2. The molecule has 0 aromatic rings. The summed E-state index contributed by atoms with van der Waals surface area (Å²) in [5, 5.41) is 6.87. The Morgan fingerprint density at radius 3 is 2.62 bits per heavy atom. The fraction of sp³-hybridized carbons (Fsp3) is 0.941. The standard InChI is InChI=1S/C17H36N4/c1-14(2)16(4)20-17(18-5)19-11-7-9-13-21-12-8-6-10-15(21)3/h14-16H,6-13H2,1-5H3,(H2,18,19,20). The lowest BCUT2D eigenvalue weighted by Gasteiger charge is -2.33. The molecule has 0 radical (unpaired) electrons. The van der Waals surface area contributed by atoms with Crippen molar-refractivity contribution in [1.82, 2.24) is 15.5 Å². The molecule has 1 aliphatic heterocycles. The minimum atomic E-state index is 0.449. The number of aliphatic imine (C=N–C) groups is 1. The van der Waals surface area contributed by atoms with Gasteiger partial charge in [-0.25, -0.2) is 0 Å². The van der Waals surface area contributed by atoms with E-state index in [0.29, 0.717) is 12.0 Å². The van der Waals surface area contributed by atoms with Crippen LogP contribution in [0.4, 0.5) is 0 Å². The highest BCUT2D eigenvalue weighted by atomic mass is 15.2. The molecule has 1 fully saturated rings. The maximum atomic E-state index is 4.29. The van der Waals surface area contributed by atoms with Crippen LogP contribution < -0.4 is 10.6 Å². The first-order valence-electron chi connectivity index (χ1n) is 8.75. The van der Waals surface area contributed by atoms with Crippen molar-refractivity contribution in [2.24, 2.45) is 10.9 Å². The molecule has 0 spiro atoms. The molecule has 0 amide bonds. The molecule has 124 valence electrons. The van der Waals surface area contributed by atoms with Gasteiger partial charge in [0.1, 0.15) is 0 Å². The van der Waals surface area contributed by atoms with Gasteiger partial charge in [0.25, 0.3) is 0 Å². The Balaban J connectivity index is 2.12. The van der Waals surface area contributed by atoms with E-state index in [1.165, 1.54) is 45.2 Å². The molecule has 21 heavy (non-hydrogen) atoms. The summed E-state index contributed by atoms with van der Waals surface area (Å²) in [5.74, 6) is 1.55. The van der Waals surface area contributed by atoms with Crippen LogP contribution in [-0.4, -0.2) is 49.6 Å². The summed E-state index contributed by atoms with van der Waals surface area (Å²) in [7, 11) is 1.85. The third kappa shape index (κ3) is 7.16. The van der Waals surface area contributed by atoms with Gasteiger partial charge in [-0.05, 0) is 58.5 Å². The lowest BCUT2D eigenvalue weighted by atomic mass is 10.0. The molecule has 4 heteroatoms. The van der Waals surface area contributed by atoms with Crippen LogP contribution in [0.2, 0.25) is 0 Å². The number of unbranched alkanes of at least 4 members (excludes halogenated alkanes) is 1. The maximum Gasteiger partial charge on any atom is 0.191 e. The van der Waals surface area contributed by atoms with Crippen molar-refractivity contribution < 1.29 is 0 Å². The maximum absolute atomic E-state index is 4.29. The van der Waals surface area contributed by atoms with Crippen LogP contribution >= 0.6 is 0 Å². The Labute approximate surface area is 131 Å². The molecule has 2 atom stereocenters. The zero-order chi connectivity index (χ0) is 15.7. The summed E-state index contributed by atoms with van der Waals surface area (Å²) < 4.78 is 0. The molecule has 0 aromatic heterocycles. The van der Waals surface area contributed by atoms with Crippen molar-refractivity contribution >= 4 is 5.96 Å². The van der Waals surface area contributed by atoms with Gasteiger partial charge in [-0.1, -0.05) is 20.3 Å². The Hall–Kier alpha value is -0.770. The van der Waals surface area contributed by atoms with Crippen LogP contribution in [0.3, 0.4) is 0 Å². The SMILES string of the molecule is CN=C(NCCCCN1CCCCC1C)NC(C)C(C)C. The topological polar surface area (TPSA) is 39.7 Å². The van der Waals surface area contributed by atoms with Gasteiger partial charge in [0.05, 0.1) is 0 Å². The third-order valence-electron chi connectivity index (χ3n) is 4.69. The molecule has 0 saturated carbocycles. The van der Waals surface area contributed by atoms with E-state index in [2.05, 4.69) is 48.2 Å². The average molecular weight is 297 g/mol. The van der Waals surface area contributed by atoms with E-state index in [1.807, 2.05) is 7.05 Å². The average Bonchev–Trinajstić information content (AvgIpc) is 2.47. The molecule has 1 heterocycles. The van der Waals surface area contributed by atoms with Crippen molar-refractivity contribution in [3.63, 3.8) is 0 Å². The summed E-state index contributed by atoms with van der Waals surface area (Å²) in [6.45, 7) is 12.6. The number of nitrogens with one attached hydrogen (secondary N) is 2. The zero-order valence-corrected chi connectivity index (χ0v) is 14.8. The van der Waals surface area contributed by atoms with Gasteiger partial charge in [0, 0.05) is 25.7 Å². The van der Waals surface area contributed by atoms with Gasteiger partial charge in [-0.3, -0.25) is 4.99 Å². The Kier molecular flexibility index (Phi) is 8.74. The van der Waals surface area contributed by atoms with E-state index in [0.717, 1.165) is 18.5 Å². The molecule has 2 unspecified atom stereocenters. The molecule has 1 aliphatic rings. The van der Waals surface area contributed by atoms with Gasteiger partial charge in [0.15, 0.2) is 5.96 Å². The summed E-state index contributed by atoms with van der Waals surface area (Å²) in [6.07, 6.45) is 6.65. The van der Waals surface area contributed by atoms with Crippen LogP contribution in [0, 0.1) is 5.92 Å². The van der Waals surface area contributed by atoms with Crippen molar-refractivity contribution in [2.75, 3.05) is 26.7 Å². The molecule has 0 aromatic carbocycles. The summed E-state index contributed by atoms with van der Waals surface area (Å²) >= 11 is 0. The highest BCUT2D eigenvalue weighted by Crippen LogP contribution is 2.16. The van der Waals surface area contributed by atoms with Crippen LogP contribution in [0.1, 0.15) is 59.8 Å². The second-order valence-corrected chi connectivity index (χ2v) is 6.76. The Bertz CT molecular complexity index is 301. The lowest BCUT2D eigenvalue weighted by molar-refractivity contribution is 0.158. The molecule has 0 aliphatic carbocycles. The molecular weight excluding hydrogens is 260 g/mol. The van der Waals surface area contributed by atoms with Crippen molar-refractivity contribution in [3.05, 3.63) is 0 Å². The lowest BCUT2D eigenvalue weighted by Crippen LogP contribution is -2.44. The monoisotopic (exact) mass is 296 g/mol. The Morgan fingerprint density at radius 1 is 1.24 bits per heavy atom. The summed E-state index contributed by atoms with van der Waals surface area (Å²) in [5.41, 5.74) is 0. The first-order valence-corrected chi connectivity index (χ1v) is 8.75. The number of piperidine rings is 1. The summed E-state index contributed by atoms with van der Waals surface area (Å²) in [4.78, 5) is 6.94. The molecule has 2 N–H and O–H groups in total. The smallest absolute Gasteiger partial charge is 0.191 e. The number of guanidine groups is 1. The van der Waals surface area contributed by atoms with Gasteiger partial charge in [-0.2, -0.15) is 0 Å². The number of likely N-dealkylation sites (tertiary alicyclic amines) is 1. The van der Waals surface area contributed by atoms with Crippen molar-refractivity contribution in [2.45, 2.75) is 71.9 Å². The minimum absolute atomic E-state index is 0.449. The van der Waals surface area contributed by atoms with E-state index in [-0.39, 0.29) is 0 Å². The van der Waals surface area contributed by atoms with Crippen LogP contribution in [-0.2, 0) is 0 Å². The number of hydrogen-bond donors (Lipinski definition) is 2. The normalized spacial score (nSPS) is 22.4. The van der Waals surface area contributed by atoms with E-state index >= 15 is 0 Å². The summed E-state index contributed by atoms with van der Waals surface area (Å²) in [6, 6.07) is 1.23. The van der Waals surface area contributed by atoms with Crippen LogP contribution in [0.15, 0.2) is 4.99 Å². The number of nitrogens with zero attached hydrogens (tertiary/aromatic N) is 2. The molecule has 1 saturated heterocycles. The quantitative estimate of drug-likeness (QED) is 0.431. The van der Waals surface area contributed by atoms with E-state index in [4.69, 9.17) is 0 Å². The van der Waals surface area contributed by atoms with Crippen molar-refractivity contribution in [3.8, 4) is 0 Å². The van der Waals surface area contributed by atoms with Gasteiger partial charge in [-0.15, -0.1) is 0 Å². The number of rotatable bonds is 7. The third-order valence-corrected chi connectivity index (χ3v) is 4.69. The predicted octanol–water partition coefficient (Wildman–Crippen LogP) is 2.85. The minimum Gasteiger partial charge on any atom is -0.356 e. The van der Waals surface area contributed by atoms with Gasteiger partial charge in [0.2, 0.25) is 0 Å². The fourth-order valence-electron chi connectivity index (χ4n) is 2.71. The first kappa shape index (κ1) is 18.3. The van der Waals surface area contributed by atoms with Crippen LogP contribution in [0.5, 0.6) is 0 Å². The highest BCUT2D eigenvalue weighted by Gasteiger charge is 2.17. The highest BCUT2D eigenvalue weighted by molar-refractivity contribution is 5.79. The second-order valence-electron chi connectivity index (χ2n) is 6.76. The second kappa shape index (κ2) is 10.0. The van der Waals surface area contributed by atoms with Gasteiger partial charge >= 0.3 is 0 Å². The first-order chi connectivity index (χ1) is 10.0.